The maximum absolute atomic E-state index is 5.99. The molecule has 3 nitrogen and oxygen atoms in total. The Morgan fingerprint density at radius 3 is 2.14 bits per heavy atom. The second-order valence-corrected chi connectivity index (χ2v) is 5.53. The minimum atomic E-state index is 0.598. The molecule has 0 saturated carbocycles. The second kappa shape index (κ2) is 8.16. The van der Waals surface area contributed by atoms with Crippen LogP contribution in [0.3, 0.4) is 0 Å². The number of nitrogens with one attached hydrogen (secondary N) is 1. The largest absolute Gasteiger partial charge is 0.490 e. The van der Waals surface area contributed by atoms with Gasteiger partial charge in [-0.25, -0.2) is 0 Å². The topological polar surface area (TPSA) is 30.5 Å². The highest BCUT2D eigenvalue weighted by molar-refractivity contribution is 6.35. The molecular weight excluding hydrogens is 321 g/mol. The minimum Gasteiger partial charge on any atom is -0.490 e. The first-order chi connectivity index (χ1) is 10.6. The Hall–Kier alpha value is -1.58. The van der Waals surface area contributed by atoms with Crippen LogP contribution in [-0.2, 0) is 6.54 Å². The van der Waals surface area contributed by atoms with Gasteiger partial charge in [0.25, 0.3) is 0 Å². The zero-order valence-corrected chi connectivity index (χ0v) is 14.2. The Bertz CT molecular complexity index is 612. The van der Waals surface area contributed by atoms with E-state index in [4.69, 9.17) is 32.7 Å². The molecule has 0 unspecified atom stereocenters. The average Bonchev–Trinajstić information content (AvgIpc) is 2.47. The van der Waals surface area contributed by atoms with E-state index < -0.39 is 0 Å². The first-order valence-corrected chi connectivity index (χ1v) is 7.96. The Labute approximate surface area is 141 Å². The van der Waals surface area contributed by atoms with E-state index in [1.54, 1.807) is 6.07 Å². The van der Waals surface area contributed by atoms with Crippen LogP contribution in [0.1, 0.15) is 19.4 Å². The smallest absolute Gasteiger partial charge is 0.161 e. The molecule has 0 aromatic heterocycles. The van der Waals surface area contributed by atoms with Crippen LogP contribution >= 0.6 is 23.2 Å². The van der Waals surface area contributed by atoms with Gasteiger partial charge in [0.2, 0.25) is 0 Å². The molecule has 2 aromatic rings. The van der Waals surface area contributed by atoms with Crippen molar-refractivity contribution in [1.29, 1.82) is 0 Å². The number of rotatable bonds is 7. The summed E-state index contributed by atoms with van der Waals surface area (Å²) in [6.45, 7) is 5.76. The summed E-state index contributed by atoms with van der Waals surface area (Å²) in [5, 5.41) is 4.51. The minimum absolute atomic E-state index is 0.598. The first kappa shape index (κ1) is 16.8. The van der Waals surface area contributed by atoms with Crippen LogP contribution in [0.2, 0.25) is 10.0 Å². The predicted octanol–water partition coefficient (Wildman–Crippen LogP) is 5.40. The molecule has 2 rings (SSSR count). The molecule has 0 spiro atoms. The fourth-order valence-corrected chi connectivity index (χ4v) is 2.59. The lowest BCUT2D eigenvalue weighted by molar-refractivity contribution is 0.287. The molecule has 0 amide bonds. The van der Waals surface area contributed by atoms with E-state index in [-0.39, 0.29) is 0 Å². The van der Waals surface area contributed by atoms with Crippen LogP contribution in [0.5, 0.6) is 11.5 Å². The Balaban J connectivity index is 2.10. The van der Waals surface area contributed by atoms with Crippen LogP contribution in [0.4, 0.5) is 5.69 Å². The van der Waals surface area contributed by atoms with E-state index in [9.17, 15) is 0 Å². The third kappa shape index (κ3) is 4.72. The summed E-state index contributed by atoms with van der Waals surface area (Å²) in [7, 11) is 0. The van der Waals surface area contributed by atoms with Gasteiger partial charge in [0, 0.05) is 22.3 Å². The van der Waals surface area contributed by atoms with Crippen molar-refractivity contribution in [3.63, 3.8) is 0 Å². The lowest BCUT2D eigenvalue weighted by Gasteiger charge is -2.13. The third-order valence-corrected chi connectivity index (χ3v) is 3.40. The van der Waals surface area contributed by atoms with Crippen LogP contribution in [-0.4, -0.2) is 13.2 Å². The van der Waals surface area contributed by atoms with Crippen LogP contribution in [0.15, 0.2) is 36.4 Å². The number of hydrogen-bond donors (Lipinski definition) is 1. The summed E-state index contributed by atoms with van der Waals surface area (Å²) in [4.78, 5) is 0. The van der Waals surface area contributed by atoms with Crippen molar-refractivity contribution in [2.75, 3.05) is 18.5 Å². The SMILES string of the molecule is CCOc1ccc(CNc2cc(Cl)cc(Cl)c2)cc1OCC. The molecular formula is C17H19Cl2NO2. The number of anilines is 1. The second-order valence-electron chi connectivity index (χ2n) is 4.66. The zero-order valence-electron chi connectivity index (χ0n) is 12.7. The van der Waals surface area contributed by atoms with Gasteiger partial charge in [0.05, 0.1) is 13.2 Å². The van der Waals surface area contributed by atoms with Crippen LogP contribution < -0.4 is 14.8 Å². The summed E-state index contributed by atoms with van der Waals surface area (Å²) in [5.74, 6) is 1.52. The number of halogens is 2. The highest BCUT2D eigenvalue weighted by atomic mass is 35.5. The van der Waals surface area contributed by atoms with E-state index in [1.165, 1.54) is 0 Å². The van der Waals surface area contributed by atoms with Gasteiger partial charge in [-0.05, 0) is 49.7 Å². The molecule has 0 radical (unpaired) electrons. The molecule has 118 valence electrons. The van der Waals surface area contributed by atoms with Crippen molar-refractivity contribution in [2.24, 2.45) is 0 Å². The summed E-state index contributed by atoms with van der Waals surface area (Å²) < 4.78 is 11.2. The fraction of sp³-hybridized carbons (Fsp3) is 0.294. The molecule has 0 aliphatic rings. The molecule has 22 heavy (non-hydrogen) atoms. The summed E-state index contributed by atoms with van der Waals surface area (Å²) in [6, 6.07) is 11.3. The van der Waals surface area contributed by atoms with Crippen molar-refractivity contribution in [1.82, 2.24) is 0 Å². The number of hydrogen-bond acceptors (Lipinski definition) is 3. The van der Waals surface area contributed by atoms with E-state index >= 15 is 0 Å². The van der Waals surface area contributed by atoms with Crippen molar-refractivity contribution in [3.8, 4) is 11.5 Å². The van der Waals surface area contributed by atoms with Crippen molar-refractivity contribution >= 4 is 28.9 Å². The van der Waals surface area contributed by atoms with Crippen molar-refractivity contribution in [3.05, 3.63) is 52.0 Å². The van der Waals surface area contributed by atoms with E-state index in [2.05, 4.69) is 5.32 Å². The number of ether oxygens (including phenoxy) is 2. The predicted molar refractivity (Wildman–Crippen MR) is 92.6 cm³/mol. The highest BCUT2D eigenvalue weighted by Crippen LogP contribution is 2.29. The van der Waals surface area contributed by atoms with Gasteiger partial charge >= 0.3 is 0 Å². The van der Waals surface area contributed by atoms with Gasteiger partial charge in [-0.3, -0.25) is 0 Å². The molecule has 0 aliphatic carbocycles. The van der Waals surface area contributed by atoms with E-state index in [0.717, 1.165) is 22.7 Å². The van der Waals surface area contributed by atoms with Crippen LogP contribution in [0.25, 0.3) is 0 Å². The summed E-state index contributed by atoms with van der Waals surface area (Å²) in [5.41, 5.74) is 1.97. The van der Waals surface area contributed by atoms with Crippen molar-refractivity contribution < 1.29 is 9.47 Å². The molecule has 0 saturated heterocycles. The Kier molecular flexibility index (Phi) is 6.22. The zero-order chi connectivity index (χ0) is 15.9. The molecule has 0 bridgehead atoms. The van der Waals surface area contributed by atoms with Gasteiger partial charge < -0.3 is 14.8 Å². The highest BCUT2D eigenvalue weighted by Gasteiger charge is 2.06. The van der Waals surface area contributed by atoms with Crippen molar-refractivity contribution in [2.45, 2.75) is 20.4 Å². The maximum Gasteiger partial charge on any atom is 0.161 e. The molecule has 1 N–H and O–H groups in total. The van der Waals surface area contributed by atoms with Gasteiger partial charge in [-0.15, -0.1) is 0 Å². The molecule has 0 aliphatic heterocycles. The number of benzene rings is 2. The normalized spacial score (nSPS) is 10.4. The average molecular weight is 340 g/mol. The lowest BCUT2D eigenvalue weighted by Crippen LogP contribution is -2.02. The van der Waals surface area contributed by atoms with E-state index in [0.29, 0.717) is 29.8 Å². The first-order valence-electron chi connectivity index (χ1n) is 7.20. The fourth-order valence-electron chi connectivity index (χ4n) is 2.07. The Morgan fingerprint density at radius 2 is 1.50 bits per heavy atom. The molecule has 0 fully saturated rings. The van der Waals surface area contributed by atoms with Gasteiger partial charge in [-0.1, -0.05) is 29.3 Å². The summed E-state index contributed by atoms with van der Waals surface area (Å²) >= 11 is 12.0. The monoisotopic (exact) mass is 339 g/mol. The third-order valence-electron chi connectivity index (χ3n) is 2.97. The summed E-state index contributed by atoms with van der Waals surface area (Å²) in [6.07, 6.45) is 0. The standard InChI is InChI=1S/C17H19Cl2NO2/c1-3-21-16-6-5-12(7-17(16)22-4-2)11-20-15-9-13(18)8-14(19)10-15/h5-10,20H,3-4,11H2,1-2H3. The quantitative estimate of drug-likeness (QED) is 0.732. The van der Waals surface area contributed by atoms with E-state index in [1.807, 2.05) is 44.2 Å². The molecule has 2 aromatic carbocycles. The molecule has 0 heterocycles. The van der Waals surface area contributed by atoms with Gasteiger partial charge in [0.15, 0.2) is 11.5 Å². The van der Waals surface area contributed by atoms with Crippen LogP contribution in [0, 0.1) is 0 Å². The lowest BCUT2D eigenvalue weighted by atomic mass is 10.2. The molecule has 0 atom stereocenters. The molecule has 5 heteroatoms. The maximum atomic E-state index is 5.99. The Morgan fingerprint density at radius 1 is 0.864 bits per heavy atom. The van der Waals surface area contributed by atoms with Gasteiger partial charge in [0.1, 0.15) is 0 Å². The van der Waals surface area contributed by atoms with Gasteiger partial charge in [-0.2, -0.15) is 0 Å².